The van der Waals surface area contributed by atoms with E-state index in [0.717, 1.165) is 24.1 Å². The van der Waals surface area contributed by atoms with E-state index in [0.29, 0.717) is 31.6 Å². The predicted molar refractivity (Wildman–Crippen MR) is 122 cm³/mol. The lowest BCUT2D eigenvalue weighted by Gasteiger charge is -2.33. The Bertz CT molecular complexity index is 902. The molecule has 1 saturated heterocycles. The van der Waals surface area contributed by atoms with Gasteiger partial charge in [-0.1, -0.05) is 30.3 Å². The fraction of sp³-hybridized carbons (Fsp3) is 0.348. The molecule has 0 aromatic heterocycles. The van der Waals surface area contributed by atoms with Gasteiger partial charge in [-0.3, -0.25) is 4.79 Å². The first-order chi connectivity index (χ1) is 15.9. The summed E-state index contributed by atoms with van der Waals surface area (Å²) in [5.41, 5.74) is 2.55. The molecule has 0 aliphatic carbocycles. The first-order valence-electron chi connectivity index (χ1n) is 10.6. The predicted octanol–water partition coefficient (Wildman–Crippen LogP) is 3.12. The van der Waals surface area contributed by atoms with Crippen LogP contribution >= 0.6 is 0 Å². The van der Waals surface area contributed by atoms with Gasteiger partial charge in [-0.25, -0.2) is 14.0 Å². The number of carbonyl (C=O) groups is 3. The number of anilines is 1. The smallest absolute Gasteiger partial charge is 0.404 e. The minimum atomic E-state index is -1.01. The zero-order chi connectivity index (χ0) is 24.1. The zero-order valence-electron chi connectivity index (χ0n) is 18.2. The van der Waals surface area contributed by atoms with Crippen molar-refractivity contribution in [2.45, 2.75) is 31.8 Å². The second-order valence-corrected chi connectivity index (χ2v) is 7.44. The Kier molecular flexibility index (Phi) is 10.5. The number of hydrogen-bond donors (Lipinski definition) is 5. The lowest BCUT2D eigenvalue weighted by Crippen LogP contribution is -2.46. The van der Waals surface area contributed by atoms with Gasteiger partial charge in [0.2, 0.25) is 0 Å². The Morgan fingerprint density at radius 1 is 1.06 bits per heavy atom. The van der Waals surface area contributed by atoms with Gasteiger partial charge in [-0.15, -0.1) is 0 Å². The summed E-state index contributed by atoms with van der Waals surface area (Å²) in [7, 11) is 0. The molecule has 2 aromatic rings. The summed E-state index contributed by atoms with van der Waals surface area (Å²) >= 11 is 0. The highest BCUT2D eigenvalue weighted by atomic mass is 19.1. The molecule has 178 valence electrons. The van der Waals surface area contributed by atoms with E-state index in [1.54, 1.807) is 23.1 Å². The molecule has 0 spiro atoms. The zero-order valence-corrected chi connectivity index (χ0v) is 18.2. The van der Waals surface area contributed by atoms with Crippen LogP contribution in [0.3, 0.4) is 0 Å². The summed E-state index contributed by atoms with van der Waals surface area (Å²) in [5.74, 6) is -0.315. The van der Waals surface area contributed by atoms with Crippen molar-refractivity contribution < 1.29 is 29.0 Å². The van der Waals surface area contributed by atoms with E-state index < -0.39 is 6.09 Å². The Labute approximate surface area is 191 Å². The van der Waals surface area contributed by atoms with Crippen molar-refractivity contribution >= 4 is 24.3 Å². The number of urea groups is 1. The average molecular weight is 461 g/mol. The maximum atomic E-state index is 13.7. The van der Waals surface area contributed by atoms with E-state index in [9.17, 15) is 14.0 Å². The fourth-order valence-electron chi connectivity index (χ4n) is 3.47. The summed E-state index contributed by atoms with van der Waals surface area (Å²) in [6.45, 7) is 1.59. The lowest BCUT2D eigenvalue weighted by atomic mass is 10.0. The van der Waals surface area contributed by atoms with Crippen molar-refractivity contribution in [3.63, 3.8) is 0 Å². The third-order valence-electron chi connectivity index (χ3n) is 5.18. The van der Waals surface area contributed by atoms with Crippen molar-refractivity contribution in [2.75, 3.05) is 25.0 Å². The fourth-order valence-corrected chi connectivity index (χ4v) is 3.47. The number of benzene rings is 2. The van der Waals surface area contributed by atoms with Gasteiger partial charge in [0.1, 0.15) is 5.82 Å². The summed E-state index contributed by atoms with van der Waals surface area (Å²) < 4.78 is 13.7. The van der Waals surface area contributed by atoms with Gasteiger partial charge >= 0.3 is 12.1 Å². The highest BCUT2D eigenvalue weighted by molar-refractivity contribution is 5.74. The molecule has 1 aliphatic heterocycles. The van der Waals surface area contributed by atoms with Gasteiger partial charge in [0.25, 0.3) is 6.47 Å². The van der Waals surface area contributed by atoms with Crippen LogP contribution in [0.1, 0.15) is 24.0 Å². The molecular weight excluding hydrogens is 431 g/mol. The van der Waals surface area contributed by atoms with E-state index in [2.05, 4.69) is 16.0 Å². The molecule has 1 fully saturated rings. The Balaban J connectivity index is 0.00000122. The van der Waals surface area contributed by atoms with E-state index in [1.807, 2.05) is 24.3 Å². The van der Waals surface area contributed by atoms with Gasteiger partial charge in [-0.2, -0.15) is 0 Å². The van der Waals surface area contributed by atoms with Crippen molar-refractivity contribution in [3.8, 4) is 0 Å². The second-order valence-electron chi connectivity index (χ2n) is 7.44. The van der Waals surface area contributed by atoms with Crippen LogP contribution in [0.2, 0.25) is 0 Å². The summed E-state index contributed by atoms with van der Waals surface area (Å²) in [6, 6.07) is 14.5. The highest BCUT2D eigenvalue weighted by Gasteiger charge is 2.22. The van der Waals surface area contributed by atoms with Gasteiger partial charge < -0.3 is 31.1 Å². The Morgan fingerprint density at radius 3 is 2.30 bits per heavy atom. The molecule has 0 unspecified atom stereocenters. The van der Waals surface area contributed by atoms with Crippen LogP contribution in [0, 0.1) is 5.82 Å². The van der Waals surface area contributed by atoms with Crippen LogP contribution < -0.4 is 16.0 Å². The number of carboxylic acid groups (broad SMARTS) is 2. The van der Waals surface area contributed by atoms with Crippen LogP contribution in [0.4, 0.5) is 19.7 Å². The first kappa shape index (κ1) is 25.4. The van der Waals surface area contributed by atoms with Gasteiger partial charge in [0, 0.05) is 43.5 Å². The summed E-state index contributed by atoms with van der Waals surface area (Å²) in [6.07, 6.45) is 1.29. The third-order valence-corrected chi connectivity index (χ3v) is 5.18. The molecule has 2 aromatic carbocycles. The minimum Gasteiger partial charge on any atom is -0.483 e. The molecule has 33 heavy (non-hydrogen) atoms. The largest absolute Gasteiger partial charge is 0.483 e. The quantitative estimate of drug-likeness (QED) is 0.404. The molecule has 0 radical (unpaired) electrons. The summed E-state index contributed by atoms with van der Waals surface area (Å²) in [4.78, 5) is 32.9. The highest BCUT2D eigenvalue weighted by Crippen LogP contribution is 2.18. The number of nitrogens with one attached hydrogen (secondary N) is 3. The lowest BCUT2D eigenvalue weighted by molar-refractivity contribution is -0.122. The molecule has 1 heterocycles. The Morgan fingerprint density at radius 2 is 1.70 bits per heavy atom. The molecule has 5 N–H and O–H groups in total. The normalized spacial score (nSPS) is 13.3. The standard InChI is InChI=1S/C22H27FN4O3.CH2O2/c23-20-4-2-1-3-17(20)15-25-21(28)27-13-10-19(11-14-27)26-18-7-5-16(6-8-18)9-12-24-22(29)30;2-1-3/h1-8,19,24,26H,9-15H2,(H,25,28)(H,29,30);1H,(H,2,3). The van der Waals surface area contributed by atoms with Crippen molar-refractivity contribution in [1.29, 1.82) is 0 Å². The van der Waals surface area contributed by atoms with Crippen molar-refractivity contribution in [2.24, 2.45) is 0 Å². The number of carbonyl (C=O) groups excluding carboxylic acids is 1. The van der Waals surface area contributed by atoms with E-state index >= 15 is 0 Å². The van der Waals surface area contributed by atoms with E-state index in [-0.39, 0.29) is 30.9 Å². The molecule has 1 aliphatic rings. The number of rotatable bonds is 7. The number of halogens is 1. The third kappa shape index (κ3) is 9.06. The maximum Gasteiger partial charge on any atom is 0.404 e. The number of hydrogen-bond acceptors (Lipinski definition) is 4. The van der Waals surface area contributed by atoms with Crippen LogP contribution in [0.5, 0.6) is 0 Å². The van der Waals surface area contributed by atoms with Crippen LogP contribution in [-0.2, 0) is 17.8 Å². The average Bonchev–Trinajstić information content (AvgIpc) is 2.80. The molecule has 3 rings (SSSR count). The number of piperidine rings is 1. The second kappa shape index (κ2) is 13.6. The molecule has 0 bridgehead atoms. The van der Waals surface area contributed by atoms with Crippen LogP contribution in [-0.4, -0.2) is 59.4 Å². The number of likely N-dealkylation sites (tertiary alicyclic amines) is 1. The van der Waals surface area contributed by atoms with Gasteiger partial charge in [-0.05, 0) is 43.0 Å². The van der Waals surface area contributed by atoms with Crippen LogP contribution in [0.15, 0.2) is 48.5 Å². The van der Waals surface area contributed by atoms with Gasteiger partial charge in [0.05, 0.1) is 0 Å². The SMILES string of the molecule is O=C(O)NCCc1ccc(NC2CCN(C(=O)NCc3ccccc3F)CC2)cc1.O=CO. The number of amides is 3. The Hall–Kier alpha value is -3.82. The van der Waals surface area contributed by atoms with E-state index in [4.69, 9.17) is 15.0 Å². The van der Waals surface area contributed by atoms with Gasteiger partial charge in [0.15, 0.2) is 0 Å². The first-order valence-corrected chi connectivity index (χ1v) is 10.6. The minimum absolute atomic E-state index is 0.170. The molecule has 9 nitrogen and oxygen atoms in total. The van der Waals surface area contributed by atoms with Crippen molar-refractivity contribution in [3.05, 3.63) is 65.5 Å². The van der Waals surface area contributed by atoms with Crippen molar-refractivity contribution in [1.82, 2.24) is 15.5 Å². The number of nitrogens with zero attached hydrogens (tertiary/aromatic N) is 1. The van der Waals surface area contributed by atoms with E-state index in [1.165, 1.54) is 6.07 Å². The monoisotopic (exact) mass is 460 g/mol. The summed E-state index contributed by atoms with van der Waals surface area (Å²) in [5, 5.41) is 24.1. The molecule has 0 saturated carbocycles. The molecular formula is C23H29FN4O5. The molecule has 3 amide bonds. The van der Waals surface area contributed by atoms with Crippen LogP contribution in [0.25, 0.3) is 0 Å². The molecule has 0 atom stereocenters. The molecule has 10 heteroatoms. The topological polar surface area (TPSA) is 131 Å². The maximum absolute atomic E-state index is 13.7.